The Balaban J connectivity index is 3.83. The molecule has 0 atom stereocenters. The van der Waals surface area contributed by atoms with E-state index in [-0.39, 0.29) is 0 Å². The molecule has 0 saturated heterocycles. The summed E-state index contributed by atoms with van der Waals surface area (Å²) >= 11 is 0. The average Bonchev–Trinajstić information content (AvgIpc) is 1.83. The van der Waals surface area contributed by atoms with Gasteiger partial charge in [0.2, 0.25) is 0 Å². The van der Waals surface area contributed by atoms with Crippen LogP contribution in [0.2, 0.25) is 0 Å². The maximum Gasteiger partial charge on any atom is 0.0372 e. The molecule has 0 fully saturated rings. The third kappa shape index (κ3) is 5.21. The van der Waals surface area contributed by atoms with Crippen molar-refractivity contribution in [3.63, 3.8) is 0 Å². The van der Waals surface area contributed by atoms with Crippen molar-refractivity contribution < 1.29 is 0 Å². The van der Waals surface area contributed by atoms with Crippen molar-refractivity contribution in [2.24, 2.45) is 10.2 Å². The Bertz CT molecular complexity index is 130. The summed E-state index contributed by atoms with van der Waals surface area (Å²) in [7, 11) is 0. The van der Waals surface area contributed by atoms with Crippen molar-refractivity contribution in [2.75, 3.05) is 0 Å². The first-order valence-corrected chi connectivity index (χ1v) is 3.21. The molecule has 0 spiro atoms. The van der Waals surface area contributed by atoms with Gasteiger partial charge >= 0.3 is 0 Å². The van der Waals surface area contributed by atoms with Crippen molar-refractivity contribution in [3.05, 3.63) is 0 Å². The lowest BCUT2D eigenvalue weighted by Gasteiger charge is -1.88. The lowest BCUT2D eigenvalue weighted by Crippen LogP contribution is -1.86. The maximum atomic E-state index is 3.95. The largest absolute Gasteiger partial charge is 0.161 e. The monoisotopic (exact) mass is 126 g/mol. The SMILES string of the molecule is CC/C(C)=N\N=C(C)C. The van der Waals surface area contributed by atoms with Crippen LogP contribution >= 0.6 is 0 Å². The van der Waals surface area contributed by atoms with E-state index in [1.54, 1.807) is 0 Å². The van der Waals surface area contributed by atoms with Crippen molar-refractivity contribution in [1.82, 2.24) is 0 Å². The fraction of sp³-hybridized carbons (Fsp3) is 0.714. The van der Waals surface area contributed by atoms with Gasteiger partial charge in [0, 0.05) is 11.4 Å². The van der Waals surface area contributed by atoms with Gasteiger partial charge in [-0.15, -0.1) is 0 Å². The van der Waals surface area contributed by atoms with Crippen LogP contribution in [0.1, 0.15) is 34.1 Å². The molecule has 0 rings (SSSR count). The van der Waals surface area contributed by atoms with Gasteiger partial charge in [0.1, 0.15) is 0 Å². The van der Waals surface area contributed by atoms with Gasteiger partial charge in [-0.3, -0.25) is 0 Å². The molecule has 0 aromatic rings. The summed E-state index contributed by atoms with van der Waals surface area (Å²) in [6, 6.07) is 0. The summed E-state index contributed by atoms with van der Waals surface area (Å²) in [5.74, 6) is 0. The zero-order chi connectivity index (χ0) is 7.28. The van der Waals surface area contributed by atoms with Crippen LogP contribution in [0.3, 0.4) is 0 Å². The summed E-state index contributed by atoms with van der Waals surface area (Å²) in [4.78, 5) is 0. The van der Waals surface area contributed by atoms with Crippen LogP contribution in [-0.4, -0.2) is 11.4 Å². The second-order valence-electron chi connectivity index (χ2n) is 2.24. The Labute approximate surface area is 56.7 Å². The van der Waals surface area contributed by atoms with Crippen LogP contribution in [0.15, 0.2) is 10.2 Å². The molecule has 0 N–H and O–H groups in total. The minimum absolute atomic E-state index is 0.983. The van der Waals surface area contributed by atoms with Gasteiger partial charge in [-0.05, 0) is 27.2 Å². The van der Waals surface area contributed by atoms with E-state index in [2.05, 4.69) is 17.1 Å². The van der Waals surface area contributed by atoms with Crippen LogP contribution in [-0.2, 0) is 0 Å². The second kappa shape index (κ2) is 4.24. The van der Waals surface area contributed by atoms with Gasteiger partial charge in [-0.1, -0.05) is 6.92 Å². The molecule has 0 amide bonds. The Kier molecular flexibility index (Phi) is 3.93. The smallest absolute Gasteiger partial charge is 0.0372 e. The highest BCUT2D eigenvalue weighted by Gasteiger charge is 1.81. The van der Waals surface area contributed by atoms with E-state index in [4.69, 9.17) is 0 Å². The van der Waals surface area contributed by atoms with Crippen molar-refractivity contribution in [2.45, 2.75) is 34.1 Å². The molecule has 52 valence electrons. The molecular weight excluding hydrogens is 112 g/mol. The molecule has 0 unspecified atom stereocenters. The minimum Gasteiger partial charge on any atom is -0.161 e. The summed E-state index contributed by atoms with van der Waals surface area (Å²) < 4.78 is 0. The van der Waals surface area contributed by atoms with E-state index in [1.165, 1.54) is 0 Å². The van der Waals surface area contributed by atoms with Crippen LogP contribution in [0.4, 0.5) is 0 Å². The zero-order valence-corrected chi connectivity index (χ0v) is 6.60. The average molecular weight is 126 g/mol. The van der Waals surface area contributed by atoms with E-state index in [9.17, 15) is 0 Å². The molecule has 0 radical (unpaired) electrons. The van der Waals surface area contributed by atoms with E-state index in [0.717, 1.165) is 17.8 Å². The molecule has 0 aliphatic heterocycles. The molecule has 0 aliphatic rings. The predicted octanol–water partition coefficient (Wildman–Crippen LogP) is 2.25. The third-order valence-electron chi connectivity index (χ3n) is 0.932. The van der Waals surface area contributed by atoms with E-state index in [0.29, 0.717) is 0 Å². The minimum atomic E-state index is 0.983. The fourth-order valence-corrected chi connectivity index (χ4v) is 0.256. The number of nitrogens with zero attached hydrogens (tertiary/aromatic N) is 2. The fourth-order valence-electron chi connectivity index (χ4n) is 0.256. The summed E-state index contributed by atoms with van der Waals surface area (Å²) in [5.41, 5.74) is 2.08. The molecular formula is C7H14N2. The van der Waals surface area contributed by atoms with Gasteiger partial charge < -0.3 is 0 Å². The van der Waals surface area contributed by atoms with Gasteiger partial charge in [0.05, 0.1) is 0 Å². The van der Waals surface area contributed by atoms with Crippen LogP contribution < -0.4 is 0 Å². The van der Waals surface area contributed by atoms with Crippen molar-refractivity contribution in [1.29, 1.82) is 0 Å². The molecule has 0 aromatic carbocycles. The number of rotatable bonds is 2. The quantitative estimate of drug-likeness (QED) is 0.400. The number of hydrogen-bond donors (Lipinski definition) is 0. The van der Waals surface area contributed by atoms with Crippen molar-refractivity contribution >= 4 is 11.4 Å². The molecule has 2 heteroatoms. The standard InChI is InChI=1S/C7H14N2/c1-5-7(4)9-8-6(2)3/h5H2,1-4H3/b9-7-. The molecule has 0 bridgehead atoms. The van der Waals surface area contributed by atoms with Crippen LogP contribution in [0.5, 0.6) is 0 Å². The molecule has 0 heterocycles. The molecule has 0 aromatic heterocycles. The summed E-state index contributed by atoms with van der Waals surface area (Å²) in [5, 5.41) is 7.85. The topological polar surface area (TPSA) is 24.7 Å². The Morgan fingerprint density at radius 1 is 1.11 bits per heavy atom. The molecule has 2 nitrogen and oxygen atoms in total. The Morgan fingerprint density at radius 2 is 1.67 bits per heavy atom. The Morgan fingerprint density at radius 3 is 2.00 bits per heavy atom. The van der Waals surface area contributed by atoms with E-state index < -0.39 is 0 Å². The van der Waals surface area contributed by atoms with E-state index in [1.807, 2.05) is 20.8 Å². The van der Waals surface area contributed by atoms with Gasteiger partial charge in [0.15, 0.2) is 0 Å². The zero-order valence-electron chi connectivity index (χ0n) is 6.60. The first kappa shape index (κ1) is 8.34. The highest BCUT2D eigenvalue weighted by Crippen LogP contribution is 1.85. The van der Waals surface area contributed by atoms with Crippen LogP contribution in [0, 0.1) is 0 Å². The van der Waals surface area contributed by atoms with E-state index >= 15 is 0 Å². The lowest BCUT2D eigenvalue weighted by molar-refractivity contribution is 1.15. The van der Waals surface area contributed by atoms with Gasteiger partial charge in [-0.2, -0.15) is 10.2 Å². The maximum absolute atomic E-state index is 3.95. The molecule has 0 saturated carbocycles. The molecule has 9 heavy (non-hydrogen) atoms. The predicted molar refractivity (Wildman–Crippen MR) is 42.2 cm³/mol. The normalized spacial score (nSPS) is 11.3. The Hall–Kier alpha value is -0.660. The van der Waals surface area contributed by atoms with Gasteiger partial charge in [-0.25, -0.2) is 0 Å². The third-order valence-corrected chi connectivity index (χ3v) is 0.932. The molecule has 0 aliphatic carbocycles. The van der Waals surface area contributed by atoms with Gasteiger partial charge in [0.25, 0.3) is 0 Å². The highest BCUT2D eigenvalue weighted by atomic mass is 15.2. The first-order valence-electron chi connectivity index (χ1n) is 3.21. The second-order valence-corrected chi connectivity index (χ2v) is 2.24. The first-order chi connectivity index (χ1) is 4.16. The summed E-state index contributed by atoms with van der Waals surface area (Å²) in [6.45, 7) is 7.92. The van der Waals surface area contributed by atoms with Crippen molar-refractivity contribution in [3.8, 4) is 0 Å². The summed E-state index contributed by atoms with van der Waals surface area (Å²) in [6.07, 6.45) is 0.983. The number of hydrogen-bond acceptors (Lipinski definition) is 2. The van der Waals surface area contributed by atoms with Crippen LogP contribution in [0.25, 0.3) is 0 Å². The lowest BCUT2D eigenvalue weighted by atomic mass is 10.3. The highest BCUT2D eigenvalue weighted by molar-refractivity contribution is 5.84.